The molecule has 0 spiro atoms. The van der Waals surface area contributed by atoms with Crippen LogP contribution in [0.5, 0.6) is 0 Å². The Morgan fingerprint density at radius 1 is 1.11 bits per heavy atom. The van der Waals surface area contributed by atoms with Crippen LogP contribution in [-0.2, 0) is 0 Å². The fraction of sp³-hybridized carbons (Fsp3) is 0.308. The van der Waals surface area contributed by atoms with E-state index in [2.05, 4.69) is 15.3 Å². The molecule has 1 amide bonds. The van der Waals surface area contributed by atoms with Crippen molar-refractivity contribution in [2.24, 2.45) is 0 Å². The highest BCUT2D eigenvalue weighted by Gasteiger charge is 2.18. The lowest BCUT2D eigenvalue weighted by molar-refractivity contribution is 0.0736. The van der Waals surface area contributed by atoms with Gasteiger partial charge in [0.05, 0.1) is 11.0 Å². The molecule has 1 N–H and O–H groups in total. The summed E-state index contributed by atoms with van der Waals surface area (Å²) in [4.78, 5) is 22.6. The predicted octanol–water partition coefficient (Wildman–Crippen LogP) is 0.675. The summed E-state index contributed by atoms with van der Waals surface area (Å²) in [7, 11) is 0. The van der Waals surface area contributed by atoms with Gasteiger partial charge >= 0.3 is 0 Å². The second kappa shape index (κ2) is 4.70. The number of hydrogen-bond acceptors (Lipinski definition) is 4. The van der Waals surface area contributed by atoms with E-state index in [1.54, 1.807) is 12.4 Å². The Morgan fingerprint density at radius 2 is 1.83 bits per heavy atom. The van der Waals surface area contributed by atoms with E-state index in [1.807, 2.05) is 23.1 Å². The molecule has 5 heteroatoms. The van der Waals surface area contributed by atoms with E-state index < -0.39 is 0 Å². The van der Waals surface area contributed by atoms with Crippen LogP contribution < -0.4 is 5.32 Å². The number of benzene rings is 1. The number of hydrogen-bond donors (Lipinski definition) is 1. The third kappa shape index (κ3) is 2.04. The molecule has 0 radical (unpaired) electrons. The number of carbonyl (C=O) groups is 1. The summed E-state index contributed by atoms with van der Waals surface area (Å²) in [6, 6.07) is 5.48. The molecule has 5 nitrogen and oxygen atoms in total. The van der Waals surface area contributed by atoms with Gasteiger partial charge < -0.3 is 10.2 Å². The SMILES string of the molecule is O=C(c1ccc2nccnc2c1)N1CCNCC1. The molecule has 0 aliphatic carbocycles. The quantitative estimate of drug-likeness (QED) is 0.798. The third-order valence-corrected chi connectivity index (χ3v) is 3.12. The maximum Gasteiger partial charge on any atom is 0.254 e. The first kappa shape index (κ1) is 11.1. The van der Waals surface area contributed by atoms with E-state index in [1.165, 1.54) is 0 Å². The smallest absolute Gasteiger partial charge is 0.254 e. The van der Waals surface area contributed by atoms with Gasteiger partial charge in [0.25, 0.3) is 5.91 Å². The Balaban J connectivity index is 1.91. The molecule has 2 heterocycles. The first-order chi connectivity index (χ1) is 8.84. The van der Waals surface area contributed by atoms with Crippen molar-refractivity contribution in [2.75, 3.05) is 26.2 Å². The highest BCUT2D eigenvalue weighted by Crippen LogP contribution is 2.13. The van der Waals surface area contributed by atoms with Gasteiger partial charge in [0.15, 0.2) is 0 Å². The first-order valence-electron chi connectivity index (χ1n) is 6.05. The van der Waals surface area contributed by atoms with E-state index in [4.69, 9.17) is 0 Å². The number of piperazine rings is 1. The molecular weight excluding hydrogens is 228 g/mol. The summed E-state index contributed by atoms with van der Waals surface area (Å²) >= 11 is 0. The van der Waals surface area contributed by atoms with E-state index in [-0.39, 0.29) is 5.91 Å². The molecule has 1 aliphatic heterocycles. The molecule has 1 aliphatic rings. The average Bonchev–Trinajstić information content (AvgIpc) is 2.47. The van der Waals surface area contributed by atoms with Crippen molar-refractivity contribution in [2.45, 2.75) is 0 Å². The number of nitrogens with zero attached hydrogens (tertiary/aromatic N) is 3. The van der Waals surface area contributed by atoms with Crippen molar-refractivity contribution < 1.29 is 4.79 Å². The third-order valence-electron chi connectivity index (χ3n) is 3.12. The lowest BCUT2D eigenvalue weighted by atomic mass is 10.1. The minimum atomic E-state index is 0.0732. The van der Waals surface area contributed by atoms with E-state index in [0.717, 1.165) is 37.2 Å². The summed E-state index contributed by atoms with van der Waals surface area (Å²) in [5.74, 6) is 0.0732. The summed E-state index contributed by atoms with van der Waals surface area (Å²) in [5.41, 5.74) is 2.26. The highest BCUT2D eigenvalue weighted by molar-refractivity contribution is 5.97. The molecular formula is C13H14N4O. The Hall–Kier alpha value is -2.01. The Bertz CT molecular complexity index is 578. The van der Waals surface area contributed by atoms with Crippen LogP contribution in [0.2, 0.25) is 0 Å². The zero-order valence-electron chi connectivity index (χ0n) is 9.97. The molecule has 1 aromatic carbocycles. The highest BCUT2D eigenvalue weighted by atomic mass is 16.2. The second-order valence-electron chi connectivity index (χ2n) is 4.30. The molecule has 92 valence electrons. The van der Waals surface area contributed by atoms with Gasteiger partial charge in [0, 0.05) is 44.1 Å². The Labute approximate surface area is 105 Å². The summed E-state index contributed by atoms with van der Waals surface area (Å²) < 4.78 is 0. The molecule has 0 unspecified atom stereocenters. The largest absolute Gasteiger partial charge is 0.336 e. The predicted molar refractivity (Wildman–Crippen MR) is 68.3 cm³/mol. The fourth-order valence-corrected chi connectivity index (χ4v) is 2.15. The number of amides is 1. The molecule has 0 saturated carbocycles. The van der Waals surface area contributed by atoms with Crippen molar-refractivity contribution in [1.29, 1.82) is 0 Å². The zero-order valence-corrected chi connectivity index (χ0v) is 9.97. The Kier molecular flexibility index (Phi) is 2.90. The molecule has 0 atom stereocenters. The van der Waals surface area contributed by atoms with Crippen LogP contribution in [-0.4, -0.2) is 47.0 Å². The van der Waals surface area contributed by atoms with Crippen LogP contribution in [0.3, 0.4) is 0 Å². The van der Waals surface area contributed by atoms with Gasteiger partial charge in [0.2, 0.25) is 0 Å². The lowest BCUT2D eigenvalue weighted by Crippen LogP contribution is -2.46. The summed E-state index contributed by atoms with van der Waals surface area (Å²) in [6.07, 6.45) is 3.29. The van der Waals surface area contributed by atoms with E-state index >= 15 is 0 Å². The number of carbonyl (C=O) groups excluding carboxylic acids is 1. The standard InChI is InChI=1S/C13H14N4O/c18-13(17-7-5-14-6-8-17)10-1-2-11-12(9-10)16-4-3-15-11/h1-4,9,14H,5-8H2. The van der Waals surface area contributed by atoms with E-state index in [9.17, 15) is 4.79 Å². The second-order valence-corrected chi connectivity index (χ2v) is 4.30. The van der Waals surface area contributed by atoms with Crippen molar-refractivity contribution in [3.05, 3.63) is 36.2 Å². The Morgan fingerprint density at radius 3 is 2.61 bits per heavy atom. The minimum absolute atomic E-state index is 0.0732. The maximum atomic E-state index is 12.3. The van der Waals surface area contributed by atoms with Crippen molar-refractivity contribution in [1.82, 2.24) is 20.2 Å². The molecule has 1 aromatic heterocycles. The van der Waals surface area contributed by atoms with Crippen molar-refractivity contribution in [3.8, 4) is 0 Å². The number of rotatable bonds is 1. The van der Waals surface area contributed by atoms with Gasteiger partial charge in [-0.25, -0.2) is 0 Å². The van der Waals surface area contributed by atoms with Crippen LogP contribution in [0.4, 0.5) is 0 Å². The molecule has 0 bridgehead atoms. The van der Waals surface area contributed by atoms with Gasteiger partial charge in [-0.2, -0.15) is 0 Å². The zero-order chi connectivity index (χ0) is 12.4. The lowest BCUT2D eigenvalue weighted by Gasteiger charge is -2.27. The monoisotopic (exact) mass is 242 g/mol. The van der Waals surface area contributed by atoms with Gasteiger partial charge in [-0.15, -0.1) is 0 Å². The van der Waals surface area contributed by atoms with Crippen LogP contribution in [0.25, 0.3) is 11.0 Å². The van der Waals surface area contributed by atoms with Gasteiger partial charge in [0.1, 0.15) is 0 Å². The summed E-state index contributed by atoms with van der Waals surface area (Å²) in [6.45, 7) is 3.24. The summed E-state index contributed by atoms with van der Waals surface area (Å²) in [5, 5.41) is 3.23. The molecule has 1 saturated heterocycles. The molecule has 1 fully saturated rings. The minimum Gasteiger partial charge on any atom is -0.336 e. The first-order valence-corrected chi connectivity index (χ1v) is 6.05. The van der Waals surface area contributed by atoms with Crippen LogP contribution in [0.15, 0.2) is 30.6 Å². The fourth-order valence-electron chi connectivity index (χ4n) is 2.15. The average molecular weight is 242 g/mol. The molecule has 3 rings (SSSR count). The maximum absolute atomic E-state index is 12.3. The number of aromatic nitrogens is 2. The van der Waals surface area contributed by atoms with Gasteiger partial charge in [-0.05, 0) is 18.2 Å². The van der Waals surface area contributed by atoms with Gasteiger partial charge in [-0.1, -0.05) is 0 Å². The van der Waals surface area contributed by atoms with Crippen LogP contribution in [0, 0.1) is 0 Å². The molecule has 2 aromatic rings. The number of fused-ring (bicyclic) bond motifs is 1. The van der Waals surface area contributed by atoms with Crippen LogP contribution in [0.1, 0.15) is 10.4 Å². The van der Waals surface area contributed by atoms with Crippen LogP contribution >= 0.6 is 0 Å². The normalized spacial score (nSPS) is 15.9. The van der Waals surface area contributed by atoms with E-state index in [0.29, 0.717) is 5.56 Å². The van der Waals surface area contributed by atoms with Crippen molar-refractivity contribution in [3.63, 3.8) is 0 Å². The van der Waals surface area contributed by atoms with Gasteiger partial charge in [-0.3, -0.25) is 14.8 Å². The number of nitrogens with one attached hydrogen (secondary N) is 1. The molecule has 18 heavy (non-hydrogen) atoms. The topological polar surface area (TPSA) is 58.1 Å². The van der Waals surface area contributed by atoms with Crippen molar-refractivity contribution >= 4 is 16.9 Å².